The average Bonchev–Trinajstić information content (AvgIpc) is 3.09. The van der Waals surface area contributed by atoms with Gasteiger partial charge in [-0.15, -0.1) is 0 Å². The molecule has 1 aliphatic rings. The topological polar surface area (TPSA) is 42.4 Å². The minimum atomic E-state index is -0.297. The fourth-order valence-electron chi connectivity index (χ4n) is 2.17. The molecule has 0 bridgehead atoms. The molecule has 0 amide bonds. The summed E-state index contributed by atoms with van der Waals surface area (Å²) in [6, 6.07) is 7.29. The number of nitrogens with two attached hydrogens (primary N) is 1. The normalized spacial score (nSPS) is 14.6. The van der Waals surface area contributed by atoms with Crippen LogP contribution in [0.1, 0.15) is 18.6 Å². The maximum atomic E-state index is 13.7. The van der Waals surface area contributed by atoms with Gasteiger partial charge in [-0.2, -0.15) is 0 Å². The Morgan fingerprint density at radius 3 is 2.84 bits per heavy atom. The van der Waals surface area contributed by atoms with Gasteiger partial charge in [-0.25, -0.2) is 4.39 Å². The van der Waals surface area contributed by atoms with Crippen molar-refractivity contribution in [2.45, 2.75) is 25.4 Å². The number of nitrogen functional groups attached to an aromatic ring is 1. The lowest BCUT2D eigenvalue weighted by Crippen LogP contribution is -2.25. The molecule has 0 saturated heterocycles. The molecular weight excluding hydrogens is 311 g/mol. The van der Waals surface area contributed by atoms with Crippen molar-refractivity contribution in [2.75, 3.05) is 10.6 Å². The third kappa shape index (κ3) is 2.61. The van der Waals surface area contributed by atoms with Crippen LogP contribution in [0.2, 0.25) is 0 Å². The van der Waals surface area contributed by atoms with Gasteiger partial charge in [-0.3, -0.25) is 0 Å². The number of hydrogen-bond donors (Lipinski definition) is 1. The molecular formula is C14H14BrFN2O. The molecule has 3 nitrogen and oxygen atoms in total. The van der Waals surface area contributed by atoms with E-state index in [2.05, 4.69) is 20.8 Å². The van der Waals surface area contributed by atoms with Crippen LogP contribution in [0.25, 0.3) is 0 Å². The van der Waals surface area contributed by atoms with Crippen LogP contribution in [0.3, 0.4) is 0 Å². The minimum Gasteiger partial charge on any atom is -0.467 e. The van der Waals surface area contributed by atoms with E-state index in [9.17, 15) is 4.39 Å². The van der Waals surface area contributed by atoms with E-state index in [-0.39, 0.29) is 5.82 Å². The molecule has 19 heavy (non-hydrogen) atoms. The number of furan rings is 1. The molecule has 0 atom stereocenters. The molecule has 1 aliphatic carbocycles. The Hall–Kier alpha value is -1.49. The molecule has 1 heterocycles. The first-order valence-electron chi connectivity index (χ1n) is 6.18. The standard InChI is InChI=1S/C14H14BrFN2O/c15-11-6-13(17)14(7-12(11)16)18(9-3-4-9)8-10-2-1-5-19-10/h1-2,5-7,9H,3-4,8,17H2. The molecule has 1 aromatic carbocycles. The van der Waals surface area contributed by atoms with Crippen LogP contribution in [-0.2, 0) is 6.54 Å². The van der Waals surface area contributed by atoms with Gasteiger partial charge in [0.1, 0.15) is 11.6 Å². The monoisotopic (exact) mass is 324 g/mol. The van der Waals surface area contributed by atoms with Gasteiger partial charge in [0.15, 0.2) is 0 Å². The highest BCUT2D eigenvalue weighted by Gasteiger charge is 2.31. The first-order chi connectivity index (χ1) is 9.15. The van der Waals surface area contributed by atoms with Gasteiger partial charge in [0, 0.05) is 12.1 Å². The molecule has 2 aromatic rings. The molecule has 0 aliphatic heterocycles. The van der Waals surface area contributed by atoms with E-state index in [1.54, 1.807) is 12.3 Å². The van der Waals surface area contributed by atoms with Crippen LogP contribution >= 0.6 is 15.9 Å². The Morgan fingerprint density at radius 2 is 2.21 bits per heavy atom. The highest BCUT2D eigenvalue weighted by atomic mass is 79.9. The summed E-state index contributed by atoms with van der Waals surface area (Å²) in [7, 11) is 0. The van der Waals surface area contributed by atoms with Crippen LogP contribution in [0.4, 0.5) is 15.8 Å². The van der Waals surface area contributed by atoms with Crippen molar-refractivity contribution >= 4 is 27.3 Å². The van der Waals surface area contributed by atoms with Gasteiger partial charge in [-0.05, 0) is 47.0 Å². The van der Waals surface area contributed by atoms with E-state index in [1.807, 2.05) is 12.1 Å². The molecule has 1 aromatic heterocycles. The van der Waals surface area contributed by atoms with Crippen molar-refractivity contribution in [3.05, 3.63) is 46.6 Å². The third-order valence-corrected chi connectivity index (χ3v) is 3.88. The SMILES string of the molecule is Nc1cc(Br)c(F)cc1N(Cc1ccco1)C1CC1. The fourth-order valence-corrected chi connectivity index (χ4v) is 2.53. The van der Waals surface area contributed by atoms with Gasteiger partial charge >= 0.3 is 0 Å². The summed E-state index contributed by atoms with van der Waals surface area (Å²) < 4.78 is 19.5. The van der Waals surface area contributed by atoms with Crippen LogP contribution in [-0.4, -0.2) is 6.04 Å². The highest BCUT2D eigenvalue weighted by molar-refractivity contribution is 9.10. The molecule has 1 fully saturated rings. The van der Waals surface area contributed by atoms with Crippen molar-refractivity contribution in [3.63, 3.8) is 0 Å². The maximum absolute atomic E-state index is 13.7. The lowest BCUT2D eigenvalue weighted by atomic mass is 10.2. The summed E-state index contributed by atoms with van der Waals surface area (Å²) in [6.07, 6.45) is 3.86. The number of benzene rings is 1. The van der Waals surface area contributed by atoms with Crippen LogP contribution in [0.15, 0.2) is 39.4 Å². The van der Waals surface area contributed by atoms with Gasteiger partial charge in [0.2, 0.25) is 0 Å². The molecule has 1 saturated carbocycles. The number of rotatable bonds is 4. The van der Waals surface area contributed by atoms with Crippen LogP contribution < -0.4 is 10.6 Å². The van der Waals surface area contributed by atoms with Gasteiger partial charge in [0.05, 0.1) is 28.7 Å². The van der Waals surface area contributed by atoms with E-state index in [0.29, 0.717) is 22.7 Å². The van der Waals surface area contributed by atoms with Crippen molar-refractivity contribution < 1.29 is 8.81 Å². The second-order valence-corrected chi connectivity index (χ2v) is 5.62. The molecule has 2 N–H and O–H groups in total. The summed E-state index contributed by atoms with van der Waals surface area (Å²) in [6.45, 7) is 0.614. The quantitative estimate of drug-likeness (QED) is 0.866. The van der Waals surface area contributed by atoms with Crippen molar-refractivity contribution in [1.29, 1.82) is 0 Å². The fraction of sp³-hybridized carbons (Fsp3) is 0.286. The first-order valence-corrected chi connectivity index (χ1v) is 6.98. The van der Waals surface area contributed by atoms with Crippen molar-refractivity contribution in [2.24, 2.45) is 0 Å². The van der Waals surface area contributed by atoms with Gasteiger partial charge in [0.25, 0.3) is 0 Å². The summed E-state index contributed by atoms with van der Waals surface area (Å²) >= 11 is 3.15. The average molecular weight is 325 g/mol. The zero-order chi connectivity index (χ0) is 13.4. The molecule has 0 radical (unpaired) electrons. The number of nitrogens with zero attached hydrogens (tertiary/aromatic N) is 1. The Balaban J connectivity index is 1.94. The summed E-state index contributed by atoms with van der Waals surface area (Å²) in [5.41, 5.74) is 7.33. The zero-order valence-electron chi connectivity index (χ0n) is 10.3. The van der Waals surface area contributed by atoms with Crippen LogP contribution in [0.5, 0.6) is 0 Å². The highest BCUT2D eigenvalue weighted by Crippen LogP contribution is 2.38. The number of hydrogen-bond acceptors (Lipinski definition) is 3. The Labute approximate surface area is 119 Å². The predicted octanol–water partition coefficient (Wildman–Crippen LogP) is 3.93. The van der Waals surface area contributed by atoms with Crippen molar-refractivity contribution in [1.82, 2.24) is 0 Å². The smallest absolute Gasteiger partial charge is 0.139 e. The zero-order valence-corrected chi connectivity index (χ0v) is 11.9. The molecule has 5 heteroatoms. The Morgan fingerprint density at radius 1 is 1.42 bits per heavy atom. The summed E-state index contributed by atoms with van der Waals surface area (Å²) in [5, 5.41) is 0. The lowest BCUT2D eigenvalue weighted by molar-refractivity contribution is 0.501. The van der Waals surface area contributed by atoms with E-state index in [1.165, 1.54) is 6.07 Å². The molecule has 3 rings (SSSR count). The molecule has 100 valence electrons. The Bertz CT molecular complexity index is 581. The lowest BCUT2D eigenvalue weighted by Gasteiger charge is -2.25. The summed E-state index contributed by atoms with van der Waals surface area (Å²) in [5.74, 6) is 0.559. The third-order valence-electron chi connectivity index (χ3n) is 3.27. The van der Waals surface area contributed by atoms with E-state index in [4.69, 9.17) is 10.2 Å². The van der Waals surface area contributed by atoms with E-state index < -0.39 is 0 Å². The second kappa shape index (κ2) is 4.89. The van der Waals surface area contributed by atoms with Gasteiger partial charge in [-0.1, -0.05) is 0 Å². The second-order valence-electron chi connectivity index (χ2n) is 4.76. The first kappa shape index (κ1) is 12.5. The van der Waals surface area contributed by atoms with Crippen molar-refractivity contribution in [3.8, 4) is 0 Å². The molecule has 0 unspecified atom stereocenters. The molecule has 0 spiro atoms. The van der Waals surface area contributed by atoms with E-state index >= 15 is 0 Å². The predicted molar refractivity (Wildman–Crippen MR) is 76.4 cm³/mol. The largest absolute Gasteiger partial charge is 0.467 e. The Kier molecular flexibility index (Phi) is 3.22. The van der Waals surface area contributed by atoms with Gasteiger partial charge < -0.3 is 15.1 Å². The van der Waals surface area contributed by atoms with E-state index in [0.717, 1.165) is 24.3 Å². The van der Waals surface area contributed by atoms with Crippen LogP contribution in [0, 0.1) is 5.82 Å². The maximum Gasteiger partial charge on any atom is 0.139 e. The number of anilines is 2. The minimum absolute atomic E-state index is 0.297. The number of halogens is 2. The summed E-state index contributed by atoms with van der Waals surface area (Å²) in [4.78, 5) is 2.11.